The Morgan fingerprint density at radius 3 is 2.64 bits per heavy atom. The normalized spacial score (nSPS) is 13.5. The van der Waals surface area contributed by atoms with Crippen LogP contribution in [0, 0.1) is 0 Å². The molecule has 0 bridgehead atoms. The van der Waals surface area contributed by atoms with E-state index in [4.69, 9.17) is 11.6 Å². The third kappa shape index (κ3) is 4.02. The number of benzene rings is 2. The molecule has 5 heteroatoms. The molecular formula is C20H21ClN2O2. The highest BCUT2D eigenvalue weighted by atomic mass is 35.5. The molecule has 1 heterocycles. The molecule has 0 spiro atoms. The van der Waals surface area contributed by atoms with Crippen LogP contribution in [0.15, 0.2) is 42.5 Å². The number of nitrogens with one attached hydrogen (secondary N) is 1. The van der Waals surface area contributed by atoms with Crippen molar-refractivity contribution in [3.63, 3.8) is 0 Å². The summed E-state index contributed by atoms with van der Waals surface area (Å²) in [4.78, 5) is 26.4. The number of fused-ring (bicyclic) bond motifs is 1. The van der Waals surface area contributed by atoms with Gasteiger partial charge >= 0.3 is 0 Å². The van der Waals surface area contributed by atoms with Crippen LogP contribution in [0.3, 0.4) is 0 Å². The minimum atomic E-state index is -0.175. The van der Waals surface area contributed by atoms with Crippen molar-refractivity contribution in [3.8, 4) is 0 Å². The first-order chi connectivity index (χ1) is 12.1. The van der Waals surface area contributed by atoms with Crippen molar-refractivity contribution >= 4 is 34.8 Å². The summed E-state index contributed by atoms with van der Waals surface area (Å²) in [7, 11) is 0. The van der Waals surface area contributed by atoms with E-state index < -0.39 is 0 Å². The summed E-state index contributed by atoms with van der Waals surface area (Å²) in [5, 5.41) is 3.51. The molecule has 0 aromatic heterocycles. The topological polar surface area (TPSA) is 49.4 Å². The predicted octanol–water partition coefficient (Wildman–Crippen LogP) is 4.67. The SMILES string of the molecule is CCCCN1C(=O)CCc2cc(NC(=O)c3ccc(Cl)cc3)ccc21. The fourth-order valence-corrected chi connectivity index (χ4v) is 3.13. The zero-order chi connectivity index (χ0) is 17.8. The molecule has 2 aromatic rings. The number of hydrogen-bond donors (Lipinski definition) is 1. The van der Waals surface area contributed by atoms with E-state index in [1.165, 1.54) is 0 Å². The maximum absolute atomic E-state index is 12.3. The second kappa shape index (κ2) is 7.70. The average molecular weight is 357 g/mol. The van der Waals surface area contributed by atoms with Crippen LogP contribution in [0.4, 0.5) is 11.4 Å². The van der Waals surface area contributed by atoms with Gasteiger partial charge < -0.3 is 10.2 Å². The predicted molar refractivity (Wildman–Crippen MR) is 101 cm³/mol. The maximum Gasteiger partial charge on any atom is 0.255 e. The van der Waals surface area contributed by atoms with Crippen molar-refractivity contribution in [1.82, 2.24) is 0 Å². The Kier molecular flexibility index (Phi) is 5.39. The monoisotopic (exact) mass is 356 g/mol. The molecule has 4 nitrogen and oxygen atoms in total. The van der Waals surface area contributed by atoms with Gasteiger partial charge in [-0.25, -0.2) is 0 Å². The van der Waals surface area contributed by atoms with Gasteiger partial charge in [0.15, 0.2) is 0 Å². The van der Waals surface area contributed by atoms with Crippen molar-refractivity contribution in [3.05, 3.63) is 58.6 Å². The van der Waals surface area contributed by atoms with Gasteiger partial charge in [-0.05, 0) is 60.9 Å². The fourth-order valence-electron chi connectivity index (χ4n) is 3.00. The fraction of sp³-hybridized carbons (Fsp3) is 0.300. The van der Waals surface area contributed by atoms with E-state index >= 15 is 0 Å². The number of unbranched alkanes of at least 4 members (excludes halogenated alkanes) is 1. The van der Waals surface area contributed by atoms with Crippen molar-refractivity contribution in [2.75, 3.05) is 16.8 Å². The Morgan fingerprint density at radius 1 is 1.16 bits per heavy atom. The van der Waals surface area contributed by atoms with Gasteiger partial charge in [-0.1, -0.05) is 24.9 Å². The molecule has 0 saturated heterocycles. The first kappa shape index (κ1) is 17.5. The smallest absolute Gasteiger partial charge is 0.255 e. The number of amides is 2. The minimum Gasteiger partial charge on any atom is -0.322 e. The summed E-state index contributed by atoms with van der Waals surface area (Å²) < 4.78 is 0. The second-order valence-corrected chi connectivity index (χ2v) is 6.64. The molecule has 0 saturated carbocycles. The highest BCUT2D eigenvalue weighted by Gasteiger charge is 2.23. The average Bonchev–Trinajstić information content (AvgIpc) is 2.61. The van der Waals surface area contributed by atoms with Gasteiger partial charge in [0.25, 0.3) is 5.91 Å². The second-order valence-electron chi connectivity index (χ2n) is 6.20. The molecule has 25 heavy (non-hydrogen) atoms. The van der Waals surface area contributed by atoms with Crippen molar-refractivity contribution in [2.24, 2.45) is 0 Å². The molecule has 0 fully saturated rings. The molecule has 0 atom stereocenters. The lowest BCUT2D eigenvalue weighted by Crippen LogP contribution is -2.35. The van der Waals surface area contributed by atoms with E-state index in [2.05, 4.69) is 12.2 Å². The van der Waals surface area contributed by atoms with E-state index in [9.17, 15) is 9.59 Å². The van der Waals surface area contributed by atoms with Crippen molar-refractivity contribution in [1.29, 1.82) is 0 Å². The third-order valence-electron chi connectivity index (χ3n) is 4.38. The molecule has 2 aromatic carbocycles. The Labute approximate surface area is 152 Å². The highest BCUT2D eigenvalue weighted by Crippen LogP contribution is 2.30. The van der Waals surface area contributed by atoms with Crippen LogP contribution in [0.1, 0.15) is 42.1 Å². The number of nitrogens with zero attached hydrogens (tertiary/aromatic N) is 1. The van der Waals surface area contributed by atoms with Crippen LogP contribution in [0.2, 0.25) is 5.02 Å². The van der Waals surface area contributed by atoms with Crippen LogP contribution in [0.5, 0.6) is 0 Å². The van der Waals surface area contributed by atoms with E-state index in [-0.39, 0.29) is 11.8 Å². The molecule has 0 radical (unpaired) electrons. The Hall–Kier alpha value is -2.33. The molecule has 0 unspecified atom stereocenters. The number of halogens is 1. The Morgan fingerprint density at radius 2 is 1.92 bits per heavy atom. The molecule has 1 aliphatic rings. The largest absolute Gasteiger partial charge is 0.322 e. The lowest BCUT2D eigenvalue weighted by Gasteiger charge is -2.29. The van der Waals surface area contributed by atoms with Crippen LogP contribution in [-0.4, -0.2) is 18.4 Å². The molecule has 2 amide bonds. The van der Waals surface area contributed by atoms with Crippen LogP contribution >= 0.6 is 11.6 Å². The number of rotatable bonds is 5. The summed E-state index contributed by atoms with van der Waals surface area (Å²) >= 11 is 5.85. The van der Waals surface area contributed by atoms with Gasteiger partial charge in [0.2, 0.25) is 5.91 Å². The molecule has 130 valence electrons. The summed E-state index contributed by atoms with van der Waals surface area (Å²) in [5.74, 6) is 0.00485. The molecule has 1 aliphatic heterocycles. The minimum absolute atomic E-state index is 0.175. The molecule has 3 rings (SSSR count). The summed E-state index contributed by atoms with van der Waals surface area (Å²) in [6, 6.07) is 12.5. The zero-order valence-corrected chi connectivity index (χ0v) is 15.0. The molecule has 1 N–H and O–H groups in total. The van der Waals surface area contributed by atoms with E-state index in [1.54, 1.807) is 24.3 Å². The molecule has 0 aliphatic carbocycles. The van der Waals surface area contributed by atoms with Gasteiger partial charge in [0.1, 0.15) is 0 Å². The van der Waals surface area contributed by atoms with Gasteiger partial charge in [0, 0.05) is 34.9 Å². The van der Waals surface area contributed by atoms with Gasteiger partial charge in [0.05, 0.1) is 0 Å². The van der Waals surface area contributed by atoms with E-state index in [0.29, 0.717) is 23.4 Å². The van der Waals surface area contributed by atoms with E-state index in [1.807, 2.05) is 23.1 Å². The van der Waals surface area contributed by atoms with Crippen LogP contribution in [0.25, 0.3) is 0 Å². The molecular weight excluding hydrogens is 336 g/mol. The van der Waals surface area contributed by atoms with Crippen LogP contribution < -0.4 is 10.2 Å². The number of hydrogen-bond acceptors (Lipinski definition) is 2. The standard InChI is InChI=1S/C20H21ClN2O2/c1-2-3-12-23-18-10-9-17(13-15(18)6-11-19(23)24)22-20(25)14-4-7-16(21)8-5-14/h4-5,7-10,13H,2-3,6,11-12H2,1H3,(H,22,25). The Balaban J connectivity index is 1.77. The number of anilines is 2. The van der Waals surface area contributed by atoms with Crippen molar-refractivity contribution in [2.45, 2.75) is 32.6 Å². The highest BCUT2D eigenvalue weighted by molar-refractivity contribution is 6.30. The maximum atomic E-state index is 12.3. The first-order valence-electron chi connectivity index (χ1n) is 8.58. The van der Waals surface area contributed by atoms with Crippen molar-refractivity contribution < 1.29 is 9.59 Å². The van der Waals surface area contributed by atoms with Gasteiger partial charge in [-0.3, -0.25) is 9.59 Å². The number of carbonyl (C=O) groups excluding carboxylic acids is 2. The summed E-state index contributed by atoms with van der Waals surface area (Å²) in [5.41, 5.74) is 3.36. The lowest BCUT2D eigenvalue weighted by atomic mass is 10.00. The first-order valence-corrected chi connectivity index (χ1v) is 8.96. The van der Waals surface area contributed by atoms with Gasteiger partial charge in [-0.15, -0.1) is 0 Å². The zero-order valence-electron chi connectivity index (χ0n) is 14.2. The summed E-state index contributed by atoms with van der Waals surface area (Å²) in [6.07, 6.45) is 3.27. The quantitative estimate of drug-likeness (QED) is 0.846. The van der Waals surface area contributed by atoms with Crippen LogP contribution in [-0.2, 0) is 11.2 Å². The Bertz CT molecular complexity index is 787. The lowest BCUT2D eigenvalue weighted by molar-refractivity contribution is -0.118. The third-order valence-corrected chi connectivity index (χ3v) is 4.63. The number of carbonyl (C=O) groups is 2. The summed E-state index contributed by atoms with van der Waals surface area (Å²) in [6.45, 7) is 2.86. The number of aryl methyl sites for hydroxylation is 1. The van der Waals surface area contributed by atoms with E-state index in [0.717, 1.165) is 36.3 Å². The van der Waals surface area contributed by atoms with Gasteiger partial charge in [-0.2, -0.15) is 0 Å².